The minimum atomic E-state index is -3.70. The number of halogens is 1. The molecule has 1 heterocycles. The van der Waals surface area contributed by atoms with Crippen molar-refractivity contribution >= 4 is 26.0 Å². The van der Waals surface area contributed by atoms with Crippen molar-refractivity contribution in [3.8, 4) is 22.7 Å². The quantitative estimate of drug-likeness (QED) is 0.719. The topological polar surface area (TPSA) is 74.3 Å². The molecule has 3 rings (SSSR count). The molecule has 0 fully saturated rings. The van der Waals surface area contributed by atoms with Gasteiger partial charge in [0, 0.05) is 5.69 Å². The number of rotatable bonds is 4. The predicted molar refractivity (Wildman–Crippen MR) is 96.8 cm³/mol. The Bertz CT molecular complexity index is 962. The number of nitrogens with zero attached hydrogens (tertiary/aromatic N) is 1. The van der Waals surface area contributed by atoms with Gasteiger partial charge in [0.15, 0.2) is 0 Å². The van der Waals surface area contributed by atoms with Gasteiger partial charge >= 0.3 is 0 Å². The highest BCUT2D eigenvalue weighted by molar-refractivity contribution is 9.10. The van der Waals surface area contributed by atoms with E-state index in [9.17, 15) is 8.42 Å². The Morgan fingerprint density at radius 1 is 0.958 bits per heavy atom. The fourth-order valence-corrected chi connectivity index (χ4v) is 3.49. The smallest absolute Gasteiger partial charge is 0.238 e. The van der Waals surface area contributed by atoms with Crippen molar-refractivity contribution < 1.29 is 13.2 Å². The molecule has 0 aliphatic carbocycles. The molecule has 0 atom stereocenters. The molecule has 24 heavy (non-hydrogen) atoms. The maximum absolute atomic E-state index is 11.4. The van der Waals surface area contributed by atoms with Crippen molar-refractivity contribution in [3.05, 3.63) is 65.3 Å². The van der Waals surface area contributed by atoms with Gasteiger partial charge in [-0.15, -0.1) is 0 Å². The van der Waals surface area contributed by atoms with Gasteiger partial charge in [-0.2, -0.15) is 0 Å². The Labute approximate surface area is 148 Å². The van der Waals surface area contributed by atoms with E-state index in [0.717, 1.165) is 27.3 Å². The number of sulfonamides is 1. The summed E-state index contributed by atoms with van der Waals surface area (Å²) in [6.45, 7) is 0. The Morgan fingerprint density at radius 2 is 1.58 bits per heavy atom. The monoisotopic (exact) mass is 406 g/mol. The fourth-order valence-electron chi connectivity index (χ4n) is 2.45. The molecular formula is C17H15BrN2O3S. The van der Waals surface area contributed by atoms with Gasteiger partial charge in [-0.25, -0.2) is 13.6 Å². The van der Waals surface area contributed by atoms with Crippen LogP contribution in [-0.4, -0.2) is 20.1 Å². The van der Waals surface area contributed by atoms with Crippen LogP contribution < -0.4 is 9.88 Å². The largest absolute Gasteiger partial charge is 0.497 e. The number of ether oxygens (including phenoxy) is 1. The third kappa shape index (κ3) is 3.24. The third-order valence-corrected chi connectivity index (χ3v) is 5.19. The summed E-state index contributed by atoms with van der Waals surface area (Å²) in [7, 11) is -2.07. The van der Waals surface area contributed by atoms with Crippen LogP contribution in [0, 0.1) is 0 Å². The van der Waals surface area contributed by atoms with Crippen LogP contribution in [0.25, 0.3) is 16.9 Å². The molecule has 0 aliphatic rings. The van der Waals surface area contributed by atoms with Crippen LogP contribution in [0.1, 0.15) is 0 Å². The molecule has 0 amide bonds. The van der Waals surface area contributed by atoms with E-state index in [-0.39, 0.29) is 4.90 Å². The first-order chi connectivity index (χ1) is 11.4. The van der Waals surface area contributed by atoms with Crippen LogP contribution in [0.15, 0.2) is 70.2 Å². The summed E-state index contributed by atoms with van der Waals surface area (Å²) in [6.07, 6.45) is 0. The molecule has 2 aromatic carbocycles. The maximum atomic E-state index is 11.4. The molecule has 7 heteroatoms. The number of aromatic nitrogens is 1. The predicted octanol–water partition coefficient (Wildman–Crippen LogP) is 3.56. The molecule has 0 spiro atoms. The number of primary sulfonamides is 1. The van der Waals surface area contributed by atoms with E-state index < -0.39 is 10.0 Å². The lowest BCUT2D eigenvalue weighted by atomic mass is 10.1. The SMILES string of the molecule is COc1ccc(-n2c(Br)ccc2-c2ccc(S(N)(=O)=O)cc2)cc1. The molecule has 0 saturated heterocycles. The van der Waals surface area contributed by atoms with E-state index in [1.54, 1.807) is 19.2 Å². The van der Waals surface area contributed by atoms with E-state index >= 15 is 0 Å². The number of nitrogens with two attached hydrogens (primary N) is 1. The zero-order valence-corrected chi connectivity index (χ0v) is 15.2. The van der Waals surface area contributed by atoms with Crippen molar-refractivity contribution in [1.82, 2.24) is 4.57 Å². The highest BCUT2D eigenvalue weighted by atomic mass is 79.9. The summed E-state index contributed by atoms with van der Waals surface area (Å²) in [5.41, 5.74) is 2.76. The molecule has 0 bridgehead atoms. The Kier molecular flexibility index (Phi) is 4.49. The Balaban J connectivity index is 2.06. The van der Waals surface area contributed by atoms with E-state index in [2.05, 4.69) is 15.9 Å². The minimum absolute atomic E-state index is 0.0906. The normalized spacial score (nSPS) is 11.5. The zero-order chi connectivity index (χ0) is 17.3. The van der Waals surface area contributed by atoms with Crippen LogP contribution in [0.3, 0.4) is 0 Å². The second-order valence-corrected chi connectivity index (χ2v) is 7.52. The zero-order valence-electron chi connectivity index (χ0n) is 12.8. The second-order valence-electron chi connectivity index (χ2n) is 5.14. The van der Waals surface area contributed by atoms with Crippen molar-refractivity contribution in [1.29, 1.82) is 0 Å². The lowest BCUT2D eigenvalue weighted by Gasteiger charge is -2.12. The summed E-state index contributed by atoms with van der Waals surface area (Å²) >= 11 is 3.55. The molecule has 0 saturated carbocycles. The van der Waals surface area contributed by atoms with Gasteiger partial charge in [0.05, 0.1) is 22.3 Å². The van der Waals surface area contributed by atoms with Crippen LogP contribution in [0.2, 0.25) is 0 Å². The Morgan fingerprint density at radius 3 is 2.12 bits per heavy atom. The highest BCUT2D eigenvalue weighted by Crippen LogP contribution is 2.30. The lowest BCUT2D eigenvalue weighted by Crippen LogP contribution is -2.11. The minimum Gasteiger partial charge on any atom is -0.497 e. The fraction of sp³-hybridized carbons (Fsp3) is 0.0588. The van der Waals surface area contributed by atoms with Gasteiger partial charge in [0.1, 0.15) is 5.75 Å². The first-order valence-corrected chi connectivity index (χ1v) is 9.39. The standard InChI is InChI=1S/C17H15BrN2O3S/c1-23-14-6-4-13(5-7-14)20-16(10-11-17(20)18)12-2-8-15(9-3-12)24(19,21)22/h2-11H,1H3,(H2,19,21,22). The van der Waals surface area contributed by atoms with Gasteiger partial charge in [0.25, 0.3) is 0 Å². The first kappa shape index (κ1) is 16.8. The van der Waals surface area contributed by atoms with Crippen LogP contribution in [-0.2, 0) is 10.0 Å². The number of hydrogen-bond donors (Lipinski definition) is 1. The number of hydrogen-bond acceptors (Lipinski definition) is 3. The van der Waals surface area contributed by atoms with Gasteiger partial charge in [-0.1, -0.05) is 12.1 Å². The molecule has 1 aromatic heterocycles. The van der Waals surface area contributed by atoms with Crippen LogP contribution in [0.4, 0.5) is 0 Å². The summed E-state index contributed by atoms with van der Waals surface area (Å²) in [5.74, 6) is 0.779. The molecule has 5 nitrogen and oxygen atoms in total. The Hall–Kier alpha value is -2.09. The summed E-state index contributed by atoms with van der Waals surface area (Å²) < 4.78 is 30.9. The summed E-state index contributed by atoms with van der Waals surface area (Å²) in [4.78, 5) is 0.0906. The molecule has 0 unspecified atom stereocenters. The van der Waals surface area contributed by atoms with Gasteiger partial charge in [-0.05, 0) is 70.0 Å². The lowest BCUT2D eigenvalue weighted by molar-refractivity contribution is 0.414. The first-order valence-electron chi connectivity index (χ1n) is 7.05. The molecule has 0 radical (unpaired) electrons. The van der Waals surface area contributed by atoms with Crippen molar-refractivity contribution in [2.75, 3.05) is 7.11 Å². The van der Waals surface area contributed by atoms with Crippen molar-refractivity contribution in [2.45, 2.75) is 4.90 Å². The van der Waals surface area contributed by atoms with Crippen LogP contribution in [0.5, 0.6) is 5.75 Å². The molecular weight excluding hydrogens is 392 g/mol. The van der Waals surface area contributed by atoms with Gasteiger partial charge < -0.3 is 9.30 Å². The molecule has 3 aromatic rings. The average Bonchev–Trinajstić information content (AvgIpc) is 2.96. The molecule has 2 N–H and O–H groups in total. The van der Waals surface area contributed by atoms with E-state index in [1.807, 2.05) is 41.0 Å². The van der Waals surface area contributed by atoms with E-state index in [0.29, 0.717) is 0 Å². The summed E-state index contributed by atoms with van der Waals surface area (Å²) in [6, 6.07) is 18.0. The third-order valence-electron chi connectivity index (χ3n) is 3.64. The number of methoxy groups -OCH3 is 1. The van der Waals surface area contributed by atoms with Crippen molar-refractivity contribution in [3.63, 3.8) is 0 Å². The second kappa shape index (κ2) is 6.43. The maximum Gasteiger partial charge on any atom is 0.238 e. The average molecular weight is 407 g/mol. The van der Waals surface area contributed by atoms with Gasteiger partial charge in [0.2, 0.25) is 10.0 Å². The number of benzene rings is 2. The molecule has 0 aliphatic heterocycles. The highest BCUT2D eigenvalue weighted by Gasteiger charge is 2.12. The van der Waals surface area contributed by atoms with Gasteiger partial charge in [-0.3, -0.25) is 0 Å². The van der Waals surface area contributed by atoms with Crippen molar-refractivity contribution in [2.24, 2.45) is 5.14 Å². The molecule has 124 valence electrons. The summed E-state index contributed by atoms with van der Waals surface area (Å²) in [5, 5.41) is 5.15. The van der Waals surface area contributed by atoms with Crippen LogP contribution >= 0.6 is 15.9 Å². The van der Waals surface area contributed by atoms with E-state index in [1.165, 1.54) is 12.1 Å². The van der Waals surface area contributed by atoms with E-state index in [4.69, 9.17) is 9.88 Å².